The Morgan fingerprint density at radius 1 is 0.909 bits per heavy atom. The van der Waals surface area contributed by atoms with Crippen molar-refractivity contribution >= 4 is 22.8 Å². The van der Waals surface area contributed by atoms with Crippen molar-refractivity contribution in [2.75, 3.05) is 6.61 Å². The first kappa shape index (κ1) is 22.3. The number of aryl methyl sites for hydroxylation is 2. The molecule has 0 unspecified atom stereocenters. The highest BCUT2D eigenvalue weighted by Crippen LogP contribution is 2.25. The number of nitrogens with zero attached hydrogens (tertiary/aromatic N) is 1. The van der Waals surface area contributed by atoms with Crippen LogP contribution in [-0.4, -0.2) is 28.2 Å². The summed E-state index contributed by atoms with van der Waals surface area (Å²) in [5.74, 6) is -0.329. The van der Waals surface area contributed by atoms with Crippen LogP contribution in [0.25, 0.3) is 10.9 Å². The van der Waals surface area contributed by atoms with E-state index in [-0.39, 0.29) is 12.3 Å². The van der Waals surface area contributed by atoms with Gasteiger partial charge in [-0.15, -0.1) is 0 Å². The van der Waals surface area contributed by atoms with Gasteiger partial charge >= 0.3 is 5.97 Å². The molecule has 5 heteroatoms. The van der Waals surface area contributed by atoms with Crippen LogP contribution in [-0.2, 0) is 24.1 Å². The van der Waals surface area contributed by atoms with Crippen molar-refractivity contribution in [2.24, 2.45) is 0 Å². The third-order valence-corrected chi connectivity index (χ3v) is 5.91. The summed E-state index contributed by atoms with van der Waals surface area (Å²) in [6.07, 6.45) is 1.75. The molecular weight excluding hydrogens is 414 g/mol. The smallest absolute Gasteiger partial charge is 0.307 e. The number of benzene rings is 3. The number of hydrogen-bond acceptors (Lipinski definition) is 3. The normalized spacial score (nSPS) is 11.0. The number of carboxylic acids is 1. The van der Waals surface area contributed by atoms with E-state index in [1.807, 2.05) is 37.3 Å². The molecule has 168 valence electrons. The molecule has 0 saturated heterocycles. The number of ether oxygens (including phenoxy) is 1. The zero-order chi connectivity index (χ0) is 23.4. The first-order chi connectivity index (χ1) is 16.0. The molecule has 0 radical (unpaired) electrons. The average molecular weight is 442 g/mol. The van der Waals surface area contributed by atoms with Crippen molar-refractivity contribution in [3.05, 3.63) is 101 Å². The van der Waals surface area contributed by atoms with E-state index in [1.165, 1.54) is 11.1 Å². The topological polar surface area (TPSA) is 68.5 Å². The third-order valence-electron chi connectivity index (χ3n) is 5.91. The van der Waals surface area contributed by atoms with E-state index in [2.05, 4.69) is 25.1 Å². The molecule has 0 saturated carbocycles. The van der Waals surface area contributed by atoms with Gasteiger partial charge in [0, 0.05) is 23.1 Å². The molecule has 5 nitrogen and oxygen atoms in total. The number of carboxylic acid groups (broad SMARTS) is 1. The quantitative estimate of drug-likeness (QED) is 0.395. The fraction of sp³-hybridized carbons (Fsp3) is 0.214. The Kier molecular flexibility index (Phi) is 6.59. The predicted molar refractivity (Wildman–Crippen MR) is 129 cm³/mol. The molecule has 0 aliphatic heterocycles. The highest BCUT2D eigenvalue weighted by atomic mass is 16.5. The Morgan fingerprint density at radius 3 is 2.30 bits per heavy atom. The van der Waals surface area contributed by atoms with Crippen molar-refractivity contribution in [1.82, 2.24) is 4.57 Å². The molecule has 0 fully saturated rings. The number of carbonyl (C=O) groups excluding carboxylic acids is 1. The number of aliphatic carboxylic acids is 1. The van der Waals surface area contributed by atoms with Gasteiger partial charge in [-0.05, 0) is 66.4 Å². The number of rotatable bonds is 8. The molecular formula is C28H27NO4. The largest absolute Gasteiger partial charge is 0.493 e. The molecule has 0 amide bonds. The summed E-state index contributed by atoms with van der Waals surface area (Å²) in [4.78, 5) is 24.5. The minimum Gasteiger partial charge on any atom is -0.493 e. The van der Waals surface area contributed by atoms with E-state index in [0.29, 0.717) is 23.3 Å². The zero-order valence-electron chi connectivity index (χ0n) is 18.9. The third kappa shape index (κ3) is 4.82. The Labute approximate surface area is 193 Å². The number of carbonyl (C=O) groups is 2. The number of aromatic nitrogens is 1. The highest BCUT2D eigenvalue weighted by molar-refractivity contribution is 6.04. The molecule has 4 rings (SSSR count). The molecule has 1 aromatic heterocycles. The van der Waals surface area contributed by atoms with Crippen LogP contribution in [0.5, 0.6) is 5.75 Å². The molecule has 33 heavy (non-hydrogen) atoms. The van der Waals surface area contributed by atoms with Gasteiger partial charge in [-0.25, -0.2) is 0 Å². The molecule has 1 N–H and O–H groups in total. The lowest BCUT2D eigenvalue weighted by atomic mass is 10.0. The van der Waals surface area contributed by atoms with Gasteiger partial charge in [-0.1, -0.05) is 43.3 Å². The second-order valence-corrected chi connectivity index (χ2v) is 8.09. The van der Waals surface area contributed by atoms with Gasteiger partial charge in [-0.3, -0.25) is 14.2 Å². The van der Waals surface area contributed by atoms with Gasteiger partial charge in [0.1, 0.15) is 5.75 Å². The molecule has 0 bridgehead atoms. The summed E-state index contributed by atoms with van der Waals surface area (Å²) in [5.41, 5.74) is 5.35. The van der Waals surface area contributed by atoms with Gasteiger partial charge in [0.15, 0.2) is 0 Å². The van der Waals surface area contributed by atoms with Crippen LogP contribution in [0.3, 0.4) is 0 Å². The molecule has 0 atom stereocenters. The molecule has 3 aromatic carbocycles. The summed E-state index contributed by atoms with van der Waals surface area (Å²) < 4.78 is 7.54. The van der Waals surface area contributed by atoms with Crippen LogP contribution < -0.4 is 4.74 Å². The van der Waals surface area contributed by atoms with E-state index >= 15 is 0 Å². The fourth-order valence-electron chi connectivity index (χ4n) is 4.26. The van der Waals surface area contributed by atoms with Crippen molar-refractivity contribution in [3.8, 4) is 5.75 Å². The second-order valence-electron chi connectivity index (χ2n) is 8.09. The van der Waals surface area contributed by atoms with Crippen molar-refractivity contribution in [3.63, 3.8) is 0 Å². The number of hydrogen-bond donors (Lipinski definition) is 1. The molecule has 1 heterocycles. The minimum atomic E-state index is -0.895. The van der Waals surface area contributed by atoms with Crippen LogP contribution >= 0.6 is 0 Å². The Balaban J connectivity index is 1.49. The van der Waals surface area contributed by atoms with Crippen LogP contribution in [0, 0.1) is 6.92 Å². The van der Waals surface area contributed by atoms with E-state index < -0.39 is 5.97 Å². The Hall–Kier alpha value is -3.86. The lowest BCUT2D eigenvalue weighted by Crippen LogP contribution is -2.13. The molecule has 0 spiro atoms. The second kappa shape index (κ2) is 9.74. The summed E-state index contributed by atoms with van der Waals surface area (Å²) in [6.45, 7) is 4.57. The van der Waals surface area contributed by atoms with Crippen LogP contribution in [0.4, 0.5) is 0 Å². The van der Waals surface area contributed by atoms with Crippen LogP contribution in [0.15, 0.2) is 72.8 Å². The molecule has 4 aromatic rings. The van der Waals surface area contributed by atoms with Gasteiger partial charge < -0.3 is 9.84 Å². The minimum absolute atomic E-state index is 0.0796. The molecule has 0 aliphatic rings. The van der Waals surface area contributed by atoms with Gasteiger partial charge in [0.25, 0.3) is 5.91 Å². The average Bonchev–Trinajstić information content (AvgIpc) is 3.16. The van der Waals surface area contributed by atoms with Crippen molar-refractivity contribution in [2.45, 2.75) is 33.1 Å². The Bertz CT molecular complexity index is 1300. The summed E-state index contributed by atoms with van der Waals surface area (Å²) >= 11 is 0. The van der Waals surface area contributed by atoms with E-state index in [1.54, 1.807) is 28.8 Å². The van der Waals surface area contributed by atoms with Crippen LogP contribution in [0.1, 0.15) is 39.7 Å². The highest BCUT2D eigenvalue weighted by Gasteiger charge is 2.17. The first-order valence-corrected chi connectivity index (χ1v) is 11.1. The van der Waals surface area contributed by atoms with Gasteiger partial charge in [0.05, 0.1) is 18.5 Å². The zero-order valence-corrected chi connectivity index (χ0v) is 18.9. The fourth-order valence-corrected chi connectivity index (χ4v) is 4.26. The lowest BCUT2D eigenvalue weighted by Gasteiger charge is -2.11. The maximum absolute atomic E-state index is 13.3. The Morgan fingerprint density at radius 2 is 1.61 bits per heavy atom. The monoisotopic (exact) mass is 441 g/mol. The van der Waals surface area contributed by atoms with Crippen molar-refractivity contribution < 1.29 is 19.4 Å². The summed E-state index contributed by atoms with van der Waals surface area (Å²) in [6, 6.07) is 22.8. The molecule has 0 aliphatic carbocycles. The SMILES string of the molecule is CCc1ccccc1CCOc1ccc(C(=O)n2c(C)cc3c(CC(=O)O)cccc32)cc1. The van der Waals surface area contributed by atoms with Crippen LogP contribution in [0.2, 0.25) is 0 Å². The number of fused-ring (bicyclic) bond motifs is 1. The summed E-state index contributed by atoms with van der Waals surface area (Å²) in [7, 11) is 0. The van der Waals surface area contributed by atoms with Gasteiger partial charge in [0.2, 0.25) is 0 Å². The standard InChI is InChI=1S/C28H27NO4/c1-3-20-7-4-5-8-21(20)15-16-33-24-13-11-22(12-14-24)28(32)29-19(2)17-25-23(18-27(30)31)9-6-10-26(25)29/h4-14,17H,3,15-16,18H2,1-2H3,(H,30,31). The lowest BCUT2D eigenvalue weighted by molar-refractivity contribution is -0.136. The first-order valence-electron chi connectivity index (χ1n) is 11.1. The van der Waals surface area contributed by atoms with Crippen molar-refractivity contribution in [1.29, 1.82) is 0 Å². The van der Waals surface area contributed by atoms with E-state index in [4.69, 9.17) is 4.74 Å². The van der Waals surface area contributed by atoms with E-state index in [0.717, 1.165) is 29.7 Å². The maximum atomic E-state index is 13.3. The predicted octanol–water partition coefficient (Wildman–Crippen LogP) is 5.45. The van der Waals surface area contributed by atoms with E-state index in [9.17, 15) is 14.7 Å². The maximum Gasteiger partial charge on any atom is 0.307 e. The van der Waals surface area contributed by atoms with Gasteiger partial charge in [-0.2, -0.15) is 0 Å². The summed E-state index contributed by atoms with van der Waals surface area (Å²) in [5, 5.41) is 9.97.